The number of fused-ring (bicyclic) bond motifs is 1. The molecule has 1 atom stereocenters. The highest BCUT2D eigenvalue weighted by Crippen LogP contribution is 2.35. The molecule has 0 bridgehead atoms. The molecule has 22 heavy (non-hydrogen) atoms. The zero-order valence-electron chi connectivity index (χ0n) is 12.8. The molecule has 2 N–H and O–H groups in total. The van der Waals surface area contributed by atoms with Crippen molar-refractivity contribution in [3.8, 4) is 5.75 Å². The number of hydrogen-bond acceptors (Lipinski definition) is 3. The van der Waals surface area contributed by atoms with E-state index >= 15 is 0 Å². The van der Waals surface area contributed by atoms with E-state index in [4.69, 9.17) is 10.5 Å². The lowest BCUT2D eigenvalue weighted by Crippen LogP contribution is -2.31. The van der Waals surface area contributed by atoms with Crippen LogP contribution in [0.25, 0.3) is 0 Å². The molecule has 1 heterocycles. The van der Waals surface area contributed by atoms with E-state index in [0.717, 1.165) is 24.5 Å². The van der Waals surface area contributed by atoms with Gasteiger partial charge in [-0.2, -0.15) is 0 Å². The van der Waals surface area contributed by atoms with Crippen LogP contribution in [0.4, 0.5) is 5.69 Å². The average Bonchev–Trinajstić information content (AvgIpc) is 2.45. The van der Waals surface area contributed by atoms with Crippen LogP contribution < -0.4 is 10.5 Å². The summed E-state index contributed by atoms with van der Waals surface area (Å²) in [5.74, 6) is 1.29. The van der Waals surface area contributed by atoms with Crippen molar-refractivity contribution in [3.63, 3.8) is 0 Å². The van der Waals surface area contributed by atoms with Crippen LogP contribution in [0.1, 0.15) is 22.6 Å². The summed E-state index contributed by atoms with van der Waals surface area (Å²) in [5, 5.41) is 0. The lowest BCUT2D eigenvalue weighted by molar-refractivity contribution is 0.294. The van der Waals surface area contributed by atoms with Gasteiger partial charge in [0, 0.05) is 24.7 Å². The topological polar surface area (TPSA) is 38.5 Å². The third kappa shape index (κ3) is 3.67. The molecule has 2 aromatic carbocycles. The molecule has 1 aliphatic rings. The molecule has 0 radical (unpaired) electrons. The van der Waals surface area contributed by atoms with E-state index < -0.39 is 0 Å². The van der Waals surface area contributed by atoms with Crippen LogP contribution in [0.15, 0.2) is 42.5 Å². The van der Waals surface area contributed by atoms with Crippen LogP contribution in [-0.2, 0) is 6.54 Å². The molecular formula is C17H22Cl2N2O. The standard InChI is InChI=1S/C17H20N2O.2ClH/c1-19-10-13-9-15(20-2)6-7-16(13)17(11-19)12-4-3-5-14(18)8-12;;/h3-9,17H,10-11,18H2,1-2H3;2*1H. The molecule has 0 spiro atoms. The summed E-state index contributed by atoms with van der Waals surface area (Å²) >= 11 is 0. The number of ether oxygens (including phenoxy) is 1. The first kappa shape index (κ1) is 18.6. The van der Waals surface area contributed by atoms with Gasteiger partial charge in [-0.15, -0.1) is 24.8 Å². The number of anilines is 1. The fourth-order valence-electron chi connectivity index (χ4n) is 3.01. The van der Waals surface area contributed by atoms with Crippen molar-refractivity contribution >= 4 is 30.5 Å². The number of hydrogen-bond donors (Lipinski definition) is 1. The van der Waals surface area contributed by atoms with Crippen LogP contribution in [0.2, 0.25) is 0 Å². The largest absolute Gasteiger partial charge is 0.497 e. The van der Waals surface area contributed by atoms with E-state index in [1.165, 1.54) is 16.7 Å². The summed E-state index contributed by atoms with van der Waals surface area (Å²) < 4.78 is 5.34. The maximum absolute atomic E-state index is 5.93. The molecule has 3 rings (SSSR count). The number of rotatable bonds is 2. The minimum absolute atomic E-state index is 0. The van der Waals surface area contributed by atoms with Gasteiger partial charge in [0.25, 0.3) is 0 Å². The monoisotopic (exact) mass is 340 g/mol. The van der Waals surface area contributed by atoms with Gasteiger partial charge in [-0.1, -0.05) is 18.2 Å². The third-order valence-corrected chi connectivity index (χ3v) is 3.97. The lowest BCUT2D eigenvalue weighted by atomic mass is 9.84. The Bertz CT molecular complexity index is 634. The first-order valence-electron chi connectivity index (χ1n) is 6.88. The second kappa shape index (κ2) is 7.73. The van der Waals surface area contributed by atoms with Gasteiger partial charge < -0.3 is 15.4 Å². The molecule has 0 aromatic heterocycles. The molecule has 120 valence electrons. The number of halogens is 2. The summed E-state index contributed by atoms with van der Waals surface area (Å²) in [4.78, 5) is 2.34. The number of nitrogens with two attached hydrogens (primary N) is 1. The Balaban J connectivity index is 0.00000121. The first-order chi connectivity index (χ1) is 9.67. The van der Waals surface area contributed by atoms with E-state index in [9.17, 15) is 0 Å². The van der Waals surface area contributed by atoms with Crippen molar-refractivity contribution in [1.82, 2.24) is 4.90 Å². The van der Waals surface area contributed by atoms with E-state index in [1.54, 1.807) is 7.11 Å². The summed E-state index contributed by atoms with van der Waals surface area (Å²) in [6.45, 7) is 1.98. The van der Waals surface area contributed by atoms with Crippen molar-refractivity contribution in [2.45, 2.75) is 12.5 Å². The van der Waals surface area contributed by atoms with Gasteiger partial charge in [0.15, 0.2) is 0 Å². The van der Waals surface area contributed by atoms with Gasteiger partial charge in [-0.25, -0.2) is 0 Å². The fourth-order valence-corrected chi connectivity index (χ4v) is 3.01. The van der Waals surface area contributed by atoms with E-state index in [0.29, 0.717) is 5.92 Å². The summed E-state index contributed by atoms with van der Waals surface area (Å²) in [6.07, 6.45) is 0. The molecule has 1 unspecified atom stereocenters. The predicted molar refractivity (Wildman–Crippen MR) is 96.5 cm³/mol. The van der Waals surface area contributed by atoms with Gasteiger partial charge in [0.1, 0.15) is 5.75 Å². The van der Waals surface area contributed by atoms with Crippen molar-refractivity contribution in [1.29, 1.82) is 0 Å². The van der Waals surface area contributed by atoms with Crippen molar-refractivity contribution in [2.75, 3.05) is 26.4 Å². The fraction of sp³-hybridized carbons (Fsp3) is 0.294. The van der Waals surface area contributed by atoms with Gasteiger partial charge >= 0.3 is 0 Å². The summed E-state index contributed by atoms with van der Waals surface area (Å²) in [5.41, 5.74) is 10.8. The number of nitrogens with zero attached hydrogens (tertiary/aromatic N) is 1. The molecule has 2 aromatic rings. The van der Waals surface area contributed by atoms with Gasteiger partial charge in [0.2, 0.25) is 0 Å². The Morgan fingerprint density at radius 2 is 1.91 bits per heavy atom. The van der Waals surface area contributed by atoms with E-state index in [-0.39, 0.29) is 24.8 Å². The number of methoxy groups -OCH3 is 1. The van der Waals surface area contributed by atoms with Crippen LogP contribution in [0.3, 0.4) is 0 Å². The number of nitrogen functional groups attached to an aromatic ring is 1. The van der Waals surface area contributed by atoms with Crippen LogP contribution in [-0.4, -0.2) is 25.6 Å². The molecule has 3 nitrogen and oxygen atoms in total. The van der Waals surface area contributed by atoms with Gasteiger partial charge in [-0.3, -0.25) is 0 Å². The SMILES string of the molecule is COc1ccc2c(c1)CN(C)CC2c1cccc(N)c1.Cl.Cl. The van der Waals surface area contributed by atoms with Crippen LogP contribution in [0, 0.1) is 0 Å². The van der Waals surface area contributed by atoms with Crippen LogP contribution in [0.5, 0.6) is 5.75 Å². The summed E-state index contributed by atoms with van der Waals surface area (Å²) in [7, 11) is 3.87. The number of benzene rings is 2. The Morgan fingerprint density at radius 3 is 2.59 bits per heavy atom. The molecule has 1 aliphatic heterocycles. The van der Waals surface area contributed by atoms with Crippen molar-refractivity contribution < 1.29 is 4.74 Å². The predicted octanol–water partition coefficient (Wildman–Crippen LogP) is 3.70. The smallest absolute Gasteiger partial charge is 0.119 e. The quantitative estimate of drug-likeness (QED) is 0.847. The second-order valence-corrected chi connectivity index (χ2v) is 5.48. The molecular weight excluding hydrogens is 319 g/mol. The molecule has 5 heteroatoms. The lowest BCUT2D eigenvalue weighted by Gasteiger charge is -2.33. The third-order valence-electron chi connectivity index (χ3n) is 3.97. The Hall–Kier alpha value is -1.42. The van der Waals surface area contributed by atoms with E-state index in [1.807, 2.05) is 18.2 Å². The highest BCUT2D eigenvalue weighted by molar-refractivity contribution is 5.85. The Kier molecular flexibility index (Phi) is 6.54. The van der Waals surface area contributed by atoms with Gasteiger partial charge in [0.05, 0.1) is 7.11 Å². The second-order valence-electron chi connectivity index (χ2n) is 5.48. The molecule has 0 fully saturated rings. The molecule has 0 saturated heterocycles. The minimum Gasteiger partial charge on any atom is -0.497 e. The Labute approximate surface area is 144 Å². The highest BCUT2D eigenvalue weighted by Gasteiger charge is 2.25. The van der Waals surface area contributed by atoms with E-state index in [2.05, 4.69) is 36.2 Å². The zero-order chi connectivity index (χ0) is 14.1. The first-order valence-corrected chi connectivity index (χ1v) is 6.88. The summed E-state index contributed by atoms with van der Waals surface area (Å²) in [6, 6.07) is 14.6. The minimum atomic E-state index is 0. The van der Waals surface area contributed by atoms with Crippen molar-refractivity contribution in [3.05, 3.63) is 59.2 Å². The maximum atomic E-state index is 5.93. The molecule has 0 aliphatic carbocycles. The maximum Gasteiger partial charge on any atom is 0.119 e. The Morgan fingerprint density at radius 1 is 1.14 bits per heavy atom. The van der Waals surface area contributed by atoms with Crippen molar-refractivity contribution in [2.24, 2.45) is 0 Å². The average molecular weight is 341 g/mol. The normalized spacial score (nSPS) is 16.9. The molecule has 0 amide bonds. The highest BCUT2D eigenvalue weighted by atomic mass is 35.5. The molecule has 0 saturated carbocycles. The zero-order valence-corrected chi connectivity index (χ0v) is 14.4. The van der Waals surface area contributed by atoms with Crippen LogP contribution >= 0.6 is 24.8 Å². The number of likely N-dealkylation sites (N-methyl/N-ethyl adjacent to an activating group) is 1. The van der Waals surface area contributed by atoms with Gasteiger partial charge in [-0.05, 0) is 48.0 Å².